The van der Waals surface area contributed by atoms with Gasteiger partial charge in [0.15, 0.2) is 0 Å². The molecule has 4 atom stereocenters. The van der Waals surface area contributed by atoms with Crippen molar-refractivity contribution in [1.29, 1.82) is 0 Å². The smallest absolute Gasteiger partial charge is 0.261 e. The monoisotopic (exact) mass is 373 g/mol. The van der Waals surface area contributed by atoms with E-state index in [0.717, 1.165) is 18.3 Å². The van der Waals surface area contributed by atoms with Gasteiger partial charge in [0.2, 0.25) is 0 Å². The molecule has 0 spiro atoms. The summed E-state index contributed by atoms with van der Waals surface area (Å²) < 4.78 is 0.260. The van der Waals surface area contributed by atoms with E-state index in [0.29, 0.717) is 17.7 Å². The minimum absolute atomic E-state index is 0.0926. The van der Waals surface area contributed by atoms with Gasteiger partial charge in [-0.3, -0.25) is 14.5 Å². The molecule has 0 radical (unpaired) electrons. The van der Waals surface area contributed by atoms with Crippen molar-refractivity contribution in [2.75, 3.05) is 6.54 Å². The molecule has 1 aromatic rings. The lowest BCUT2D eigenvalue weighted by atomic mass is 9.49. The van der Waals surface area contributed by atoms with E-state index in [2.05, 4.69) is 15.9 Å². The fourth-order valence-electron chi connectivity index (χ4n) is 6.24. The minimum atomic E-state index is -0.0926. The fraction of sp³-hybridized carbons (Fsp3) is 0.579. The zero-order chi connectivity index (χ0) is 15.8. The third-order valence-electron chi connectivity index (χ3n) is 6.48. The summed E-state index contributed by atoms with van der Waals surface area (Å²) in [6.07, 6.45) is 7.37. The molecule has 0 aromatic heterocycles. The van der Waals surface area contributed by atoms with E-state index in [4.69, 9.17) is 0 Å². The standard InChI is InChI=1S/C19H20BrNO2/c20-19-8-12-5-13(9-19)7-18(6-12,10-19)11-21-16(22)14-3-1-2-4-15(14)17(21)23/h1-4,12-13H,5-11H2/t12-,13+,18?,19?. The summed E-state index contributed by atoms with van der Waals surface area (Å²) in [5.74, 6) is 1.35. The molecule has 120 valence electrons. The Morgan fingerprint density at radius 2 is 1.57 bits per heavy atom. The maximum Gasteiger partial charge on any atom is 0.261 e. The van der Waals surface area contributed by atoms with Gasteiger partial charge in [0.25, 0.3) is 11.8 Å². The van der Waals surface area contributed by atoms with E-state index in [1.165, 1.54) is 37.0 Å². The number of nitrogens with zero attached hydrogens (tertiary/aromatic N) is 1. The molecule has 4 saturated carbocycles. The zero-order valence-corrected chi connectivity index (χ0v) is 14.6. The maximum atomic E-state index is 12.7. The SMILES string of the molecule is O=C1c2ccccc2C(=O)N1CC12C[C@@H]3C[C@@H](CC(Br)(C3)C1)C2. The van der Waals surface area contributed by atoms with Crippen molar-refractivity contribution in [1.82, 2.24) is 4.90 Å². The highest BCUT2D eigenvalue weighted by atomic mass is 79.9. The Morgan fingerprint density at radius 1 is 1.00 bits per heavy atom. The molecule has 4 aliphatic carbocycles. The second-order valence-corrected chi connectivity index (χ2v) is 10.0. The molecule has 1 aliphatic heterocycles. The summed E-state index contributed by atoms with van der Waals surface area (Å²) in [5, 5.41) is 0. The van der Waals surface area contributed by atoms with Crippen LogP contribution in [0, 0.1) is 17.3 Å². The van der Waals surface area contributed by atoms with Gasteiger partial charge in [-0.05, 0) is 67.9 Å². The highest BCUT2D eigenvalue weighted by molar-refractivity contribution is 9.10. The summed E-state index contributed by atoms with van der Waals surface area (Å²) in [6.45, 7) is 0.611. The molecule has 0 N–H and O–H groups in total. The number of hydrogen-bond acceptors (Lipinski definition) is 2. The van der Waals surface area contributed by atoms with Crippen molar-refractivity contribution in [2.45, 2.75) is 42.8 Å². The van der Waals surface area contributed by atoms with Crippen LogP contribution in [-0.2, 0) is 0 Å². The average molecular weight is 374 g/mol. The third-order valence-corrected chi connectivity index (χ3v) is 7.41. The zero-order valence-electron chi connectivity index (χ0n) is 13.1. The van der Waals surface area contributed by atoms with E-state index < -0.39 is 0 Å². The number of rotatable bonds is 2. The number of halogens is 1. The lowest BCUT2D eigenvalue weighted by Crippen LogP contribution is -2.57. The van der Waals surface area contributed by atoms with Gasteiger partial charge >= 0.3 is 0 Å². The van der Waals surface area contributed by atoms with Crippen LogP contribution in [0.5, 0.6) is 0 Å². The van der Waals surface area contributed by atoms with Crippen molar-refractivity contribution in [3.05, 3.63) is 35.4 Å². The number of carbonyl (C=O) groups is 2. The van der Waals surface area contributed by atoms with E-state index in [1.807, 2.05) is 12.1 Å². The first-order valence-corrected chi connectivity index (χ1v) is 9.41. The van der Waals surface area contributed by atoms with Crippen LogP contribution in [0.3, 0.4) is 0 Å². The van der Waals surface area contributed by atoms with Crippen LogP contribution >= 0.6 is 15.9 Å². The van der Waals surface area contributed by atoms with Gasteiger partial charge in [-0.25, -0.2) is 0 Å². The summed E-state index contributed by atoms with van der Waals surface area (Å²) >= 11 is 4.01. The van der Waals surface area contributed by atoms with E-state index in [1.54, 1.807) is 12.1 Å². The largest absolute Gasteiger partial charge is 0.274 e. The Hall–Kier alpha value is -1.16. The highest BCUT2D eigenvalue weighted by Crippen LogP contribution is 2.64. The van der Waals surface area contributed by atoms with Gasteiger partial charge in [-0.1, -0.05) is 28.1 Å². The molecule has 0 saturated heterocycles. The van der Waals surface area contributed by atoms with Crippen molar-refractivity contribution < 1.29 is 9.59 Å². The Morgan fingerprint density at radius 3 is 2.09 bits per heavy atom. The molecule has 1 heterocycles. The second kappa shape index (κ2) is 4.47. The third kappa shape index (κ3) is 2.00. The summed E-state index contributed by atoms with van der Waals surface area (Å²) in [7, 11) is 0. The lowest BCUT2D eigenvalue weighted by molar-refractivity contribution is -0.0461. The summed E-state index contributed by atoms with van der Waals surface area (Å²) in [6, 6.07) is 7.24. The van der Waals surface area contributed by atoms with Gasteiger partial charge in [-0.2, -0.15) is 0 Å². The predicted molar refractivity (Wildman–Crippen MR) is 90.6 cm³/mol. The number of hydrogen-bond donors (Lipinski definition) is 0. The van der Waals surface area contributed by atoms with Crippen LogP contribution < -0.4 is 0 Å². The first-order chi connectivity index (χ1) is 11.0. The molecule has 1 aromatic carbocycles. The lowest BCUT2D eigenvalue weighted by Gasteiger charge is -2.60. The number of alkyl halides is 1. The summed E-state index contributed by atoms with van der Waals surface area (Å²) in [4.78, 5) is 26.9. The maximum absolute atomic E-state index is 12.7. The van der Waals surface area contributed by atoms with Crippen LogP contribution in [0.1, 0.15) is 59.2 Å². The molecule has 4 fully saturated rings. The van der Waals surface area contributed by atoms with Crippen molar-refractivity contribution in [3.8, 4) is 0 Å². The first kappa shape index (κ1) is 14.2. The van der Waals surface area contributed by atoms with Crippen molar-refractivity contribution in [2.24, 2.45) is 17.3 Å². The number of amides is 2. The fourth-order valence-corrected chi connectivity index (χ4v) is 7.75. The molecule has 2 unspecified atom stereocenters. The molecule has 2 amide bonds. The predicted octanol–water partition coefficient (Wildman–Crippen LogP) is 4.02. The minimum Gasteiger partial charge on any atom is -0.274 e. The molecular weight excluding hydrogens is 354 g/mol. The molecule has 6 rings (SSSR count). The van der Waals surface area contributed by atoms with Gasteiger partial charge in [-0.15, -0.1) is 0 Å². The van der Waals surface area contributed by atoms with Crippen molar-refractivity contribution >= 4 is 27.7 Å². The van der Waals surface area contributed by atoms with Gasteiger partial charge in [0.1, 0.15) is 0 Å². The number of imide groups is 1. The van der Waals surface area contributed by atoms with Crippen LogP contribution in [0.4, 0.5) is 0 Å². The van der Waals surface area contributed by atoms with E-state index >= 15 is 0 Å². The molecular formula is C19H20BrNO2. The normalized spacial score (nSPS) is 40.8. The molecule has 23 heavy (non-hydrogen) atoms. The Balaban J connectivity index is 1.47. The number of fused-ring (bicyclic) bond motifs is 1. The van der Waals surface area contributed by atoms with Crippen LogP contribution in [0.15, 0.2) is 24.3 Å². The highest BCUT2D eigenvalue weighted by Gasteiger charge is 2.58. The molecule has 5 aliphatic rings. The van der Waals surface area contributed by atoms with E-state index in [9.17, 15) is 9.59 Å². The second-order valence-electron chi connectivity index (χ2n) is 8.35. The molecule has 4 heteroatoms. The molecule has 3 nitrogen and oxygen atoms in total. The van der Waals surface area contributed by atoms with E-state index in [-0.39, 0.29) is 21.6 Å². The quantitative estimate of drug-likeness (QED) is 0.579. The van der Waals surface area contributed by atoms with Gasteiger partial charge in [0.05, 0.1) is 11.1 Å². The summed E-state index contributed by atoms with van der Waals surface area (Å²) in [5.41, 5.74) is 1.30. The average Bonchev–Trinajstić information content (AvgIpc) is 2.70. The Bertz CT molecular complexity index is 679. The Kier molecular flexibility index (Phi) is 2.76. The van der Waals surface area contributed by atoms with Gasteiger partial charge in [0, 0.05) is 10.9 Å². The van der Waals surface area contributed by atoms with Crippen LogP contribution in [-0.4, -0.2) is 27.6 Å². The van der Waals surface area contributed by atoms with Crippen molar-refractivity contribution in [3.63, 3.8) is 0 Å². The molecule has 4 bridgehead atoms. The Labute approximate surface area is 144 Å². The van der Waals surface area contributed by atoms with Gasteiger partial charge < -0.3 is 0 Å². The first-order valence-electron chi connectivity index (χ1n) is 8.61. The van der Waals surface area contributed by atoms with Crippen LogP contribution in [0.2, 0.25) is 0 Å². The number of carbonyl (C=O) groups excluding carboxylic acids is 2. The number of benzene rings is 1. The topological polar surface area (TPSA) is 37.4 Å². The van der Waals surface area contributed by atoms with Crippen LogP contribution in [0.25, 0.3) is 0 Å².